The van der Waals surface area contributed by atoms with E-state index >= 15 is 0 Å². The van der Waals surface area contributed by atoms with E-state index in [0.29, 0.717) is 17.6 Å². The molecule has 0 aliphatic carbocycles. The van der Waals surface area contributed by atoms with Crippen LogP contribution in [0.15, 0.2) is 63.6 Å². The Bertz CT molecular complexity index is 1150. The van der Waals surface area contributed by atoms with E-state index in [1.807, 2.05) is 12.1 Å². The maximum absolute atomic E-state index is 5.82. The number of hydrogen-bond acceptors (Lipinski definition) is 5. The van der Waals surface area contributed by atoms with Crippen LogP contribution in [-0.4, -0.2) is 33.0 Å². The van der Waals surface area contributed by atoms with Gasteiger partial charge in [0.15, 0.2) is 5.11 Å². The topological polar surface area (TPSA) is 54.2 Å². The summed E-state index contributed by atoms with van der Waals surface area (Å²) < 4.78 is 5.82. The molecule has 0 saturated carbocycles. The zero-order valence-corrected chi connectivity index (χ0v) is 20.7. The molecule has 5 nitrogen and oxygen atoms in total. The predicted molar refractivity (Wildman–Crippen MR) is 135 cm³/mol. The second-order valence-electron chi connectivity index (χ2n) is 8.45. The van der Waals surface area contributed by atoms with E-state index in [9.17, 15) is 0 Å². The molecule has 2 aromatic carbocycles. The van der Waals surface area contributed by atoms with Crippen LogP contribution < -0.4 is 5.32 Å². The van der Waals surface area contributed by atoms with Crippen LogP contribution in [0.1, 0.15) is 43.8 Å². The SMILES string of the molecule is CSc1ccc(C2NC(=S)N(CC(C)C)C(C)=C2c2nc(-c3cccc(C)c3)no2)cc1. The summed E-state index contributed by atoms with van der Waals surface area (Å²) in [5, 5.41) is 8.54. The van der Waals surface area contributed by atoms with Crippen LogP contribution in [0.4, 0.5) is 0 Å². The monoisotopic (exact) mass is 464 g/mol. The van der Waals surface area contributed by atoms with E-state index in [-0.39, 0.29) is 6.04 Å². The van der Waals surface area contributed by atoms with Crippen molar-refractivity contribution in [3.63, 3.8) is 0 Å². The van der Waals surface area contributed by atoms with Crippen molar-refractivity contribution in [2.24, 2.45) is 5.92 Å². The highest BCUT2D eigenvalue weighted by molar-refractivity contribution is 7.98. The number of hydrogen-bond donors (Lipinski definition) is 1. The molecule has 7 heteroatoms. The first-order chi connectivity index (χ1) is 15.4. The molecule has 1 atom stereocenters. The van der Waals surface area contributed by atoms with Gasteiger partial charge in [0.2, 0.25) is 5.82 Å². The van der Waals surface area contributed by atoms with E-state index in [4.69, 9.17) is 21.7 Å². The number of thiocarbonyl (C=S) groups is 1. The molecule has 0 fully saturated rings. The first kappa shape index (κ1) is 22.6. The zero-order chi connectivity index (χ0) is 22.8. The van der Waals surface area contributed by atoms with Gasteiger partial charge in [0, 0.05) is 22.7 Å². The Hall–Kier alpha value is -2.64. The second-order valence-corrected chi connectivity index (χ2v) is 9.72. The van der Waals surface area contributed by atoms with E-state index in [0.717, 1.165) is 39.6 Å². The third-order valence-electron chi connectivity index (χ3n) is 5.53. The molecule has 1 N–H and O–H groups in total. The quantitative estimate of drug-likeness (QED) is 0.350. The fourth-order valence-corrected chi connectivity index (χ4v) is 4.66. The second kappa shape index (κ2) is 9.46. The summed E-state index contributed by atoms with van der Waals surface area (Å²) in [6.07, 6.45) is 2.08. The fourth-order valence-electron chi connectivity index (χ4n) is 3.92. The Morgan fingerprint density at radius 1 is 1.16 bits per heavy atom. The number of nitrogens with zero attached hydrogens (tertiary/aromatic N) is 3. The van der Waals surface area contributed by atoms with Crippen LogP contribution in [0, 0.1) is 12.8 Å². The summed E-state index contributed by atoms with van der Waals surface area (Å²) >= 11 is 7.48. The lowest BCUT2D eigenvalue weighted by Crippen LogP contribution is -2.47. The van der Waals surface area contributed by atoms with Gasteiger partial charge in [0.05, 0.1) is 11.6 Å². The van der Waals surface area contributed by atoms with Gasteiger partial charge in [-0.25, -0.2) is 0 Å². The Morgan fingerprint density at radius 2 is 1.91 bits per heavy atom. The van der Waals surface area contributed by atoms with Crippen LogP contribution in [0.25, 0.3) is 17.0 Å². The van der Waals surface area contributed by atoms with Crippen molar-refractivity contribution in [2.75, 3.05) is 12.8 Å². The first-order valence-corrected chi connectivity index (χ1v) is 12.3. The van der Waals surface area contributed by atoms with Crippen molar-refractivity contribution in [2.45, 2.75) is 38.6 Å². The lowest BCUT2D eigenvalue weighted by Gasteiger charge is -2.38. The van der Waals surface area contributed by atoms with Crippen LogP contribution in [0.3, 0.4) is 0 Å². The van der Waals surface area contributed by atoms with Gasteiger partial charge in [-0.3, -0.25) is 0 Å². The lowest BCUT2D eigenvalue weighted by molar-refractivity contribution is 0.386. The van der Waals surface area contributed by atoms with Crippen molar-refractivity contribution in [1.29, 1.82) is 0 Å². The molecule has 1 aliphatic heterocycles. The molecular weight excluding hydrogens is 436 g/mol. The molecule has 1 aromatic heterocycles. The van der Waals surface area contributed by atoms with E-state index in [2.05, 4.69) is 85.7 Å². The van der Waals surface area contributed by atoms with Crippen molar-refractivity contribution >= 4 is 34.7 Å². The van der Waals surface area contributed by atoms with Gasteiger partial charge >= 0.3 is 0 Å². The molecule has 4 rings (SSSR count). The molecule has 2 heterocycles. The molecule has 1 aliphatic rings. The largest absolute Gasteiger partial charge is 0.351 e. The summed E-state index contributed by atoms with van der Waals surface area (Å²) in [4.78, 5) is 8.15. The molecule has 0 amide bonds. The molecular formula is C25H28N4OS2. The number of allylic oxidation sites excluding steroid dienone is 1. The zero-order valence-electron chi connectivity index (χ0n) is 19.0. The minimum Gasteiger partial charge on any atom is -0.351 e. The van der Waals surface area contributed by atoms with Gasteiger partial charge in [0.1, 0.15) is 0 Å². The Balaban J connectivity index is 1.80. The van der Waals surface area contributed by atoms with Crippen LogP contribution in [-0.2, 0) is 0 Å². The molecule has 0 saturated heterocycles. The third kappa shape index (κ3) is 4.59. The van der Waals surface area contributed by atoms with Crippen LogP contribution in [0.5, 0.6) is 0 Å². The van der Waals surface area contributed by atoms with Crippen LogP contribution >= 0.6 is 24.0 Å². The number of aryl methyl sites for hydroxylation is 1. The first-order valence-electron chi connectivity index (χ1n) is 10.7. The molecule has 1 unspecified atom stereocenters. The average molecular weight is 465 g/mol. The number of benzene rings is 2. The minimum absolute atomic E-state index is 0.160. The van der Waals surface area contributed by atoms with Crippen molar-refractivity contribution in [3.05, 3.63) is 71.2 Å². The summed E-state index contributed by atoms with van der Waals surface area (Å²) in [5.41, 5.74) is 5.21. The smallest absolute Gasteiger partial charge is 0.258 e. The highest BCUT2D eigenvalue weighted by atomic mass is 32.2. The van der Waals surface area contributed by atoms with E-state index in [1.165, 1.54) is 4.90 Å². The molecule has 3 aromatic rings. The van der Waals surface area contributed by atoms with Crippen molar-refractivity contribution in [3.8, 4) is 11.4 Å². The maximum atomic E-state index is 5.82. The number of aromatic nitrogens is 2. The molecule has 166 valence electrons. The van der Waals surface area contributed by atoms with E-state index < -0.39 is 0 Å². The van der Waals surface area contributed by atoms with Crippen molar-refractivity contribution in [1.82, 2.24) is 20.4 Å². The number of nitrogens with one attached hydrogen (secondary N) is 1. The van der Waals surface area contributed by atoms with Gasteiger partial charge in [-0.05, 0) is 62.0 Å². The number of thioether (sulfide) groups is 1. The average Bonchev–Trinajstić information content (AvgIpc) is 3.26. The minimum atomic E-state index is -0.160. The molecule has 0 bridgehead atoms. The molecule has 32 heavy (non-hydrogen) atoms. The Kier molecular flexibility index (Phi) is 6.67. The maximum Gasteiger partial charge on any atom is 0.258 e. The standard InChI is InChI=1S/C25H28N4OS2/c1-15(2)14-29-17(4)21(22(26-25(29)31)18-9-11-20(32-5)12-10-18)24-27-23(28-30-24)19-8-6-7-16(3)13-19/h6-13,15,22H,14H2,1-5H3,(H,26,31). The van der Waals surface area contributed by atoms with Gasteiger partial charge in [-0.1, -0.05) is 54.9 Å². The van der Waals surface area contributed by atoms with Gasteiger partial charge in [-0.2, -0.15) is 4.98 Å². The summed E-state index contributed by atoms with van der Waals surface area (Å²) in [6.45, 7) is 9.33. The van der Waals surface area contributed by atoms with E-state index in [1.54, 1.807) is 11.8 Å². The fraction of sp³-hybridized carbons (Fsp3) is 0.320. The van der Waals surface area contributed by atoms with Gasteiger partial charge in [-0.15, -0.1) is 11.8 Å². The third-order valence-corrected chi connectivity index (χ3v) is 6.61. The highest BCUT2D eigenvalue weighted by Crippen LogP contribution is 2.38. The van der Waals surface area contributed by atoms with Crippen molar-refractivity contribution < 1.29 is 4.52 Å². The Labute approximate surface area is 199 Å². The lowest BCUT2D eigenvalue weighted by atomic mass is 9.94. The summed E-state index contributed by atoms with van der Waals surface area (Å²) in [7, 11) is 0. The summed E-state index contributed by atoms with van der Waals surface area (Å²) in [5.74, 6) is 1.56. The normalized spacial score (nSPS) is 16.6. The predicted octanol–water partition coefficient (Wildman–Crippen LogP) is 6.09. The Morgan fingerprint density at radius 3 is 2.56 bits per heavy atom. The highest BCUT2D eigenvalue weighted by Gasteiger charge is 2.34. The summed E-state index contributed by atoms with van der Waals surface area (Å²) in [6, 6.07) is 16.5. The molecule has 0 radical (unpaired) electrons. The number of rotatable bonds is 6. The van der Waals surface area contributed by atoms with Crippen LogP contribution in [0.2, 0.25) is 0 Å². The molecule has 0 spiro atoms. The van der Waals surface area contributed by atoms with Gasteiger partial charge in [0.25, 0.3) is 5.89 Å². The van der Waals surface area contributed by atoms with Gasteiger partial charge < -0.3 is 14.7 Å².